The Bertz CT molecular complexity index is 1980. The van der Waals surface area contributed by atoms with Crippen LogP contribution in [0.3, 0.4) is 0 Å². The molecule has 26 heteroatoms. The predicted octanol–water partition coefficient (Wildman–Crippen LogP) is -2.31. The van der Waals surface area contributed by atoms with E-state index in [1.54, 1.807) is 34.6 Å². The molecule has 0 fully saturated rings. The highest BCUT2D eigenvalue weighted by atomic mass is 16.4. The number of hydrogen-bond acceptors (Lipinski definition) is 14. The van der Waals surface area contributed by atoms with Crippen LogP contribution in [0.25, 0.3) is 0 Å². The van der Waals surface area contributed by atoms with Gasteiger partial charge < -0.3 is 70.6 Å². The van der Waals surface area contributed by atoms with Gasteiger partial charge >= 0.3 is 5.97 Å². The van der Waals surface area contributed by atoms with E-state index in [-0.39, 0.29) is 87.5 Å². The summed E-state index contributed by atoms with van der Waals surface area (Å²) in [7, 11) is 0. The number of nitrogens with one attached hydrogen (secondary N) is 8. The van der Waals surface area contributed by atoms with Gasteiger partial charge in [0.1, 0.15) is 54.7 Å². The molecule has 0 aliphatic carbocycles. The molecule has 26 nitrogen and oxygen atoms in total. The molecule has 0 aromatic heterocycles. The third-order valence-electron chi connectivity index (χ3n) is 11.5. The molecule has 9 amide bonds. The molecule has 1 heterocycles. The average molecular weight is 1030 g/mol. The molecule has 412 valence electrons. The van der Waals surface area contributed by atoms with Crippen molar-refractivity contribution in [2.24, 2.45) is 61.6 Å². The minimum absolute atomic E-state index is 0.0455. The highest BCUT2D eigenvalue weighted by Gasteiger charge is 2.36. The summed E-state index contributed by atoms with van der Waals surface area (Å²) in [6.07, 6.45) is 2.83. The fraction of sp³-hybridized carbons (Fsp3) is 0.723. The Hall–Kier alpha value is -6.73. The Balaban J connectivity index is 3.62. The van der Waals surface area contributed by atoms with Crippen LogP contribution < -0.4 is 65.5 Å². The van der Waals surface area contributed by atoms with Gasteiger partial charge in [0.25, 0.3) is 0 Å². The van der Waals surface area contributed by atoms with E-state index in [4.69, 9.17) is 22.9 Å². The number of primary amides is 1. The van der Waals surface area contributed by atoms with Crippen LogP contribution >= 0.6 is 0 Å². The van der Waals surface area contributed by atoms with E-state index < -0.39 is 120 Å². The van der Waals surface area contributed by atoms with Gasteiger partial charge in [0.15, 0.2) is 5.96 Å². The number of carbonyl (C=O) groups excluding carboxylic acids is 9. The maximum absolute atomic E-state index is 14.4. The fourth-order valence-corrected chi connectivity index (χ4v) is 7.32. The summed E-state index contributed by atoms with van der Waals surface area (Å²) in [6, 6.07) is -11.9. The van der Waals surface area contributed by atoms with Gasteiger partial charge in [-0.3, -0.25) is 57.9 Å². The summed E-state index contributed by atoms with van der Waals surface area (Å²) in [5.41, 5.74) is 22.1. The van der Waals surface area contributed by atoms with Crippen molar-refractivity contribution in [3.63, 3.8) is 0 Å². The van der Waals surface area contributed by atoms with Crippen LogP contribution in [0.1, 0.15) is 127 Å². The number of aliphatic imine (C=N–C) groups is 3. The first-order chi connectivity index (χ1) is 34.1. The lowest BCUT2D eigenvalue weighted by Gasteiger charge is -2.30. The van der Waals surface area contributed by atoms with Crippen LogP contribution in [0.2, 0.25) is 0 Å². The third kappa shape index (κ3) is 25.0. The molecule has 0 spiro atoms. The molecule has 0 aromatic rings. The quantitative estimate of drug-likeness (QED) is 0.0183. The van der Waals surface area contributed by atoms with Crippen LogP contribution in [-0.4, -0.2) is 150 Å². The largest absolute Gasteiger partial charge is 0.480 e. The zero-order chi connectivity index (χ0) is 55.7. The summed E-state index contributed by atoms with van der Waals surface area (Å²) >= 11 is 0. The molecule has 1 aliphatic heterocycles. The Labute approximate surface area is 427 Å². The van der Waals surface area contributed by atoms with Gasteiger partial charge in [-0.25, -0.2) is 4.99 Å². The van der Waals surface area contributed by atoms with Gasteiger partial charge in [-0.15, -0.1) is 0 Å². The summed E-state index contributed by atoms with van der Waals surface area (Å²) in [5, 5.41) is 30.3. The molecule has 1 rings (SSSR count). The number of carbonyl (C=O) groups is 10. The second-order valence-corrected chi connectivity index (χ2v) is 19.8. The van der Waals surface area contributed by atoms with Crippen LogP contribution in [0.15, 0.2) is 15.0 Å². The molecule has 0 radical (unpaired) electrons. The van der Waals surface area contributed by atoms with E-state index >= 15 is 0 Å². The number of guanidine groups is 1. The van der Waals surface area contributed by atoms with Gasteiger partial charge in [0.2, 0.25) is 53.2 Å². The second kappa shape index (κ2) is 32.4. The van der Waals surface area contributed by atoms with Crippen LogP contribution in [-0.2, 0) is 47.9 Å². The molecule has 0 saturated carbocycles. The number of hydrogen-bond donors (Lipinski definition) is 13. The van der Waals surface area contributed by atoms with Crippen molar-refractivity contribution < 1.29 is 53.1 Å². The Morgan fingerprint density at radius 1 is 0.575 bits per heavy atom. The Kier molecular flexibility index (Phi) is 28.5. The van der Waals surface area contributed by atoms with Crippen molar-refractivity contribution >= 4 is 77.6 Å². The molecule has 1 unspecified atom stereocenters. The number of aliphatic carboxylic acids is 1. The van der Waals surface area contributed by atoms with Crippen LogP contribution in [0.5, 0.6) is 0 Å². The maximum Gasteiger partial charge on any atom is 0.325 e. The van der Waals surface area contributed by atoms with Crippen LogP contribution in [0.4, 0.5) is 0 Å². The standard InChI is InChI=1S/C47H83N15O11/c1-11-26(8)37(62-38(64)27(9)48)45(71)61-34(19-25(6)7)43(69)60-35(20-29-21-52-22-54-29)44(70)56-30(13-12-16-53-47(50)51)40(66)58-33(18-24(4)5)42(68)59-32(17-23(2)3)41(67)57-31(14-15-36(49)63)39(65)55-28(10)46(72)73/h21-35,37H,11-20,48H2,1-10H3,(H2,49,63)(H,55,65)(H,56,70)(H,57,67)(H,58,66)(H,59,68)(H,60,69)(H,61,71)(H,62,64)(H,72,73)(H4,50,51,53)/t26-,27-,28-,29?,30-,31-,32-,33-,34-,35-,37-/m0/s1. The predicted molar refractivity (Wildman–Crippen MR) is 274 cm³/mol. The van der Waals surface area contributed by atoms with E-state index in [0.717, 1.165) is 0 Å². The molecule has 0 bridgehead atoms. The van der Waals surface area contributed by atoms with E-state index in [2.05, 4.69) is 57.5 Å². The topological polar surface area (TPSA) is 428 Å². The molecule has 11 atom stereocenters. The van der Waals surface area contributed by atoms with E-state index in [1.165, 1.54) is 26.4 Å². The van der Waals surface area contributed by atoms with Gasteiger partial charge in [-0.1, -0.05) is 61.8 Å². The highest BCUT2D eigenvalue weighted by Crippen LogP contribution is 2.15. The molecule has 73 heavy (non-hydrogen) atoms. The fourth-order valence-electron chi connectivity index (χ4n) is 7.32. The molecular formula is C47H83N15O11. The first kappa shape index (κ1) is 64.3. The minimum Gasteiger partial charge on any atom is -0.480 e. The van der Waals surface area contributed by atoms with Crippen molar-refractivity contribution in [2.75, 3.05) is 6.54 Å². The average Bonchev–Trinajstić information content (AvgIpc) is 3.81. The number of rotatable bonds is 34. The van der Waals surface area contributed by atoms with E-state index in [9.17, 15) is 53.1 Å². The number of carboxylic acid groups (broad SMARTS) is 1. The summed E-state index contributed by atoms with van der Waals surface area (Å²) in [5.74, 6) is -9.35. The van der Waals surface area contributed by atoms with E-state index in [1.807, 2.05) is 20.8 Å². The van der Waals surface area contributed by atoms with Crippen LogP contribution in [0, 0.1) is 23.7 Å². The second-order valence-electron chi connectivity index (χ2n) is 19.8. The lowest BCUT2D eigenvalue weighted by atomic mass is 9.96. The Morgan fingerprint density at radius 3 is 1.41 bits per heavy atom. The van der Waals surface area contributed by atoms with Crippen molar-refractivity contribution in [1.82, 2.24) is 42.5 Å². The molecule has 17 N–H and O–H groups in total. The number of nitrogens with two attached hydrogens (primary N) is 4. The number of nitrogens with zero attached hydrogens (tertiary/aromatic N) is 3. The van der Waals surface area contributed by atoms with Crippen molar-refractivity contribution in [3.05, 3.63) is 0 Å². The zero-order valence-electron chi connectivity index (χ0n) is 44.0. The molecule has 0 aromatic carbocycles. The number of amides is 9. The van der Waals surface area contributed by atoms with Crippen molar-refractivity contribution in [2.45, 2.75) is 187 Å². The smallest absolute Gasteiger partial charge is 0.325 e. The lowest BCUT2D eigenvalue weighted by molar-refractivity contribution is -0.142. The normalized spacial score (nSPS) is 17.0. The highest BCUT2D eigenvalue weighted by molar-refractivity contribution is 5.98. The van der Waals surface area contributed by atoms with Gasteiger partial charge in [0, 0.05) is 25.6 Å². The first-order valence-corrected chi connectivity index (χ1v) is 24.9. The summed E-state index contributed by atoms with van der Waals surface area (Å²) < 4.78 is 0. The van der Waals surface area contributed by atoms with Gasteiger partial charge in [-0.2, -0.15) is 0 Å². The lowest BCUT2D eigenvalue weighted by Crippen LogP contribution is -2.61. The van der Waals surface area contributed by atoms with Gasteiger partial charge in [-0.05, 0) is 76.0 Å². The third-order valence-corrected chi connectivity index (χ3v) is 11.5. The zero-order valence-corrected chi connectivity index (χ0v) is 44.0. The number of carboxylic acids is 1. The van der Waals surface area contributed by atoms with Gasteiger partial charge in [0.05, 0.1) is 12.1 Å². The monoisotopic (exact) mass is 1030 g/mol. The SMILES string of the molecule is CC[C@H](C)[C@H](NC(=O)[C@H](C)N)C(=O)N[C@@H](CC(C)C)C(=O)N[C@@H](CC1C=NC=N1)C(=O)N[C@@H](CCCN=C(N)N)C(=O)N[C@@H](CC(C)C)C(=O)N[C@@H](CC(C)C)C(=O)N[C@@H](CCC(N)=O)C(=O)N[C@@H](C)C(=O)O. The summed E-state index contributed by atoms with van der Waals surface area (Å²) in [4.78, 5) is 146. The maximum atomic E-state index is 14.4. The van der Waals surface area contributed by atoms with E-state index in [0.29, 0.717) is 6.42 Å². The first-order valence-electron chi connectivity index (χ1n) is 24.9. The minimum atomic E-state index is -1.41. The summed E-state index contributed by atoms with van der Waals surface area (Å²) in [6.45, 7) is 17.1. The van der Waals surface area contributed by atoms with Crippen molar-refractivity contribution in [1.29, 1.82) is 0 Å². The Morgan fingerprint density at radius 2 is 1.00 bits per heavy atom. The molecule has 0 saturated heterocycles. The molecule has 1 aliphatic rings. The molecular weight excluding hydrogens is 951 g/mol. The van der Waals surface area contributed by atoms with Crippen molar-refractivity contribution in [3.8, 4) is 0 Å².